The third-order valence-electron chi connectivity index (χ3n) is 4.14. The molecule has 1 aliphatic rings. The van der Waals surface area contributed by atoms with Crippen molar-refractivity contribution >= 4 is 33.6 Å². The quantitative estimate of drug-likeness (QED) is 0.398. The Labute approximate surface area is 162 Å². The van der Waals surface area contributed by atoms with Crippen LogP contribution in [0.3, 0.4) is 0 Å². The van der Waals surface area contributed by atoms with Crippen molar-refractivity contribution in [2.24, 2.45) is 0 Å². The zero-order valence-electron chi connectivity index (χ0n) is 15.0. The second-order valence-electron chi connectivity index (χ2n) is 6.13. The highest BCUT2D eigenvalue weighted by atomic mass is 32.2. The summed E-state index contributed by atoms with van der Waals surface area (Å²) in [5.74, 6) is 0.147. The van der Waals surface area contributed by atoms with Crippen LogP contribution < -0.4 is 0 Å². The molecule has 0 bridgehead atoms. The molecule has 0 radical (unpaired) electrons. The van der Waals surface area contributed by atoms with Gasteiger partial charge in [0, 0.05) is 32.6 Å². The van der Waals surface area contributed by atoms with Crippen LogP contribution in [0.2, 0.25) is 0 Å². The van der Waals surface area contributed by atoms with Gasteiger partial charge >= 0.3 is 0 Å². The van der Waals surface area contributed by atoms with Crippen molar-refractivity contribution in [2.75, 3.05) is 26.4 Å². The van der Waals surface area contributed by atoms with Gasteiger partial charge < -0.3 is 0 Å². The SMILES string of the molecule is CN(C)S(=O)(=O)c1ccc(SCCCN2C(=O)c3ccccc3C2=O)nc1. The summed E-state index contributed by atoms with van der Waals surface area (Å²) in [6.45, 7) is 0.340. The first-order valence-corrected chi connectivity index (χ1v) is 10.7. The van der Waals surface area contributed by atoms with E-state index in [0.717, 1.165) is 4.31 Å². The summed E-state index contributed by atoms with van der Waals surface area (Å²) in [5, 5.41) is 0.690. The highest BCUT2D eigenvalue weighted by Crippen LogP contribution is 2.24. The zero-order chi connectivity index (χ0) is 19.6. The number of thioether (sulfide) groups is 1. The Kier molecular flexibility index (Phi) is 5.64. The van der Waals surface area contributed by atoms with Gasteiger partial charge in [0.1, 0.15) is 4.90 Å². The maximum absolute atomic E-state index is 12.3. The summed E-state index contributed by atoms with van der Waals surface area (Å²) in [4.78, 5) is 30.1. The van der Waals surface area contributed by atoms with Crippen LogP contribution in [0, 0.1) is 0 Å². The first-order chi connectivity index (χ1) is 12.8. The van der Waals surface area contributed by atoms with Crippen LogP contribution in [0.5, 0.6) is 0 Å². The fourth-order valence-electron chi connectivity index (χ4n) is 2.66. The molecule has 9 heteroatoms. The first-order valence-electron chi connectivity index (χ1n) is 8.29. The third kappa shape index (κ3) is 3.90. The molecule has 1 aliphatic heterocycles. The van der Waals surface area contributed by atoms with Gasteiger partial charge in [0.05, 0.1) is 16.2 Å². The van der Waals surface area contributed by atoms with Gasteiger partial charge in [-0.1, -0.05) is 12.1 Å². The van der Waals surface area contributed by atoms with Gasteiger partial charge in [-0.3, -0.25) is 14.5 Å². The van der Waals surface area contributed by atoms with E-state index >= 15 is 0 Å². The lowest BCUT2D eigenvalue weighted by Crippen LogP contribution is -2.31. The molecule has 0 spiro atoms. The van der Waals surface area contributed by atoms with Gasteiger partial charge in [0.2, 0.25) is 10.0 Å². The summed E-state index contributed by atoms with van der Waals surface area (Å²) < 4.78 is 25.2. The monoisotopic (exact) mass is 405 g/mol. The molecule has 0 atom stereocenters. The van der Waals surface area contributed by atoms with Crippen molar-refractivity contribution < 1.29 is 18.0 Å². The van der Waals surface area contributed by atoms with E-state index in [1.54, 1.807) is 30.3 Å². The van der Waals surface area contributed by atoms with E-state index < -0.39 is 10.0 Å². The number of benzene rings is 1. The highest BCUT2D eigenvalue weighted by molar-refractivity contribution is 7.99. The Hall–Kier alpha value is -2.23. The Morgan fingerprint density at radius 1 is 1.04 bits per heavy atom. The normalized spacial score (nSPS) is 14.1. The average Bonchev–Trinajstić information content (AvgIpc) is 2.90. The van der Waals surface area contributed by atoms with E-state index in [4.69, 9.17) is 0 Å². The van der Waals surface area contributed by atoms with Crippen LogP contribution in [-0.2, 0) is 10.0 Å². The van der Waals surface area contributed by atoms with E-state index in [2.05, 4.69) is 4.98 Å². The summed E-state index contributed by atoms with van der Waals surface area (Å²) in [6, 6.07) is 10.00. The Balaban J connectivity index is 1.53. The van der Waals surface area contributed by atoms with Crippen LogP contribution >= 0.6 is 11.8 Å². The smallest absolute Gasteiger partial charge is 0.261 e. The van der Waals surface area contributed by atoms with E-state index in [9.17, 15) is 18.0 Å². The van der Waals surface area contributed by atoms with E-state index in [0.29, 0.717) is 34.9 Å². The number of carbonyl (C=O) groups excluding carboxylic acids is 2. The molecular formula is C18H19N3O4S2. The molecule has 27 heavy (non-hydrogen) atoms. The standard InChI is InChI=1S/C18H19N3O4S2/c1-20(2)27(24,25)13-8-9-16(19-12-13)26-11-5-10-21-17(22)14-6-3-4-7-15(14)18(21)23/h3-4,6-9,12H,5,10-11H2,1-2H3. The number of imide groups is 1. The Morgan fingerprint density at radius 2 is 1.67 bits per heavy atom. The van der Waals surface area contributed by atoms with Crippen LogP contribution in [0.4, 0.5) is 0 Å². The minimum Gasteiger partial charge on any atom is -0.274 e. The van der Waals surface area contributed by atoms with E-state index in [1.165, 1.54) is 43.0 Å². The predicted molar refractivity (Wildman–Crippen MR) is 102 cm³/mol. The molecule has 1 aromatic carbocycles. The van der Waals surface area contributed by atoms with Crippen molar-refractivity contribution in [3.63, 3.8) is 0 Å². The summed E-state index contributed by atoms with van der Waals surface area (Å²) >= 11 is 1.45. The number of rotatable bonds is 7. The van der Waals surface area contributed by atoms with Gasteiger partial charge in [0.15, 0.2) is 0 Å². The highest BCUT2D eigenvalue weighted by Gasteiger charge is 2.34. The Bertz CT molecular complexity index is 937. The molecule has 2 aromatic rings. The maximum atomic E-state index is 12.3. The maximum Gasteiger partial charge on any atom is 0.261 e. The molecule has 0 saturated heterocycles. The first kappa shape index (κ1) is 19.5. The Morgan fingerprint density at radius 3 is 2.19 bits per heavy atom. The fourth-order valence-corrected chi connectivity index (χ4v) is 4.28. The molecule has 0 fully saturated rings. The lowest BCUT2D eigenvalue weighted by Gasteiger charge is -2.13. The number of hydrogen-bond donors (Lipinski definition) is 0. The number of hydrogen-bond acceptors (Lipinski definition) is 6. The number of aromatic nitrogens is 1. The summed E-state index contributed by atoms with van der Waals surface area (Å²) in [6.07, 6.45) is 1.96. The average molecular weight is 406 g/mol. The third-order valence-corrected chi connectivity index (χ3v) is 6.97. The molecule has 2 heterocycles. The van der Waals surface area contributed by atoms with E-state index in [1.807, 2.05) is 0 Å². The van der Waals surface area contributed by atoms with Gasteiger partial charge in [-0.25, -0.2) is 17.7 Å². The van der Waals surface area contributed by atoms with Gasteiger partial charge in [0.25, 0.3) is 11.8 Å². The van der Waals surface area contributed by atoms with E-state index in [-0.39, 0.29) is 16.7 Å². The minimum atomic E-state index is -3.49. The van der Waals surface area contributed by atoms with Crippen molar-refractivity contribution in [1.29, 1.82) is 0 Å². The number of pyridine rings is 1. The number of nitrogens with zero attached hydrogens (tertiary/aromatic N) is 3. The van der Waals surface area contributed by atoms with Crippen molar-refractivity contribution in [3.8, 4) is 0 Å². The summed E-state index contributed by atoms with van der Waals surface area (Å²) in [7, 11) is -0.550. The molecular weight excluding hydrogens is 386 g/mol. The van der Waals surface area contributed by atoms with Gasteiger partial charge in [-0.15, -0.1) is 11.8 Å². The summed E-state index contributed by atoms with van der Waals surface area (Å²) in [5.41, 5.74) is 0.906. The zero-order valence-corrected chi connectivity index (χ0v) is 16.6. The van der Waals surface area contributed by atoms with Crippen molar-refractivity contribution in [2.45, 2.75) is 16.3 Å². The molecule has 0 unspecified atom stereocenters. The predicted octanol–water partition coefficient (Wildman–Crippen LogP) is 2.11. The number of sulfonamides is 1. The van der Waals surface area contributed by atoms with Crippen molar-refractivity contribution in [1.82, 2.24) is 14.2 Å². The molecule has 3 rings (SSSR count). The van der Waals surface area contributed by atoms with Crippen LogP contribution in [-0.4, -0.2) is 60.8 Å². The minimum absolute atomic E-state index is 0.142. The fraction of sp³-hybridized carbons (Fsp3) is 0.278. The van der Waals surface area contributed by atoms with Crippen molar-refractivity contribution in [3.05, 3.63) is 53.7 Å². The molecule has 2 amide bonds. The van der Waals surface area contributed by atoms with Gasteiger partial charge in [-0.2, -0.15) is 0 Å². The molecule has 0 aliphatic carbocycles. The van der Waals surface area contributed by atoms with Gasteiger partial charge in [-0.05, 0) is 30.7 Å². The topological polar surface area (TPSA) is 87.7 Å². The molecule has 1 aromatic heterocycles. The lowest BCUT2D eigenvalue weighted by atomic mass is 10.1. The lowest BCUT2D eigenvalue weighted by molar-refractivity contribution is 0.0655. The number of carbonyl (C=O) groups is 2. The number of fused-ring (bicyclic) bond motifs is 1. The molecule has 7 nitrogen and oxygen atoms in total. The largest absolute Gasteiger partial charge is 0.274 e. The second kappa shape index (κ2) is 7.79. The second-order valence-corrected chi connectivity index (χ2v) is 9.40. The molecule has 0 saturated carbocycles. The molecule has 142 valence electrons. The van der Waals surface area contributed by atoms with Crippen LogP contribution in [0.25, 0.3) is 0 Å². The molecule has 0 N–H and O–H groups in total. The number of amides is 2. The van der Waals surface area contributed by atoms with Crippen LogP contribution in [0.15, 0.2) is 52.5 Å². The van der Waals surface area contributed by atoms with Crippen LogP contribution in [0.1, 0.15) is 27.1 Å².